The number of nitrogens with zero attached hydrogens (tertiary/aromatic N) is 1. The quantitative estimate of drug-likeness (QED) is 0.493. The van der Waals surface area contributed by atoms with Gasteiger partial charge in [0.1, 0.15) is 5.76 Å². The van der Waals surface area contributed by atoms with Crippen LogP contribution in [0, 0.1) is 0 Å². The highest BCUT2D eigenvalue weighted by molar-refractivity contribution is 6.35. The lowest BCUT2D eigenvalue weighted by molar-refractivity contribution is -0.139. The summed E-state index contributed by atoms with van der Waals surface area (Å²) in [5.41, 5.74) is 2.84. The molecule has 2 aromatic rings. The molecular formula is C15H13N3O5. The van der Waals surface area contributed by atoms with Gasteiger partial charge < -0.3 is 19.2 Å². The lowest BCUT2D eigenvalue weighted by Crippen LogP contribution is -2.37. The zero-order chi connectivity index (χ0) is 16.1. The molecule has 0 radical (unpaired) electrons. The van der Waals surface area contributed by atoms with Crippen LogP contribution >= 0.6 is 0 Å². The van der Waals surface area contributed by atoms with Crippen molar-refractivity contribution in [3.05, 3.63) is 47.9 Å². The van der Waals surface area contributed by atoms with E-state index in [2.05, 4.69) is 15.8 Å². The maximum Gasteiger partial charge on any atom is 0.329 e. The van der Waals surface area contributed by atoms with Crippen LogP contribution in [0.4, 0.5) is 0 Å². The van der Waals surface area contributed by atoms with Crippen LogP contribution < -0.4 is 20.2 Å². The molecule has 0 aliphatic carbocycles. The van der Waals surface area contributed by atoms with E-state index in [0.717, 1.165) is 0 Å². The summed E-state index contributed by atoms with van der Waals surface area (Å²) >= 11 is 0. The first-order chi connectivity index (χ1) is 11.2. The average molecular weight is 315 g/mol. The molecule has 0 saturated heterocycles. The highest BCUT2D eigenvalue weighted by Gasteiger charge is 2.14. The van der Waals surface area contributed by atoms with Crippen LogP contribution in [0.5, 0.6) is 11.5 Å². The molecule has 0 spiro atoms. The Bertz CT molecular complexity index is 740. The maximum absolute atomic E-state index is 11.6. The van der Waals surface area contributed by atoms with Crippen molar-refractivity contribution in [2.45, 2.75) is 6.54 Å². The van der Waals surface area contributed by atoms with E-state index < -0.39 is 11.8 Å². The van der Waals surface area contributed by atoms with Gasteiger partial charge in [0.05, 0.1) is 19.0 Å². The third-order valence-corrected chi connectivity index (χ3v) is 2.99. The zero-order valence-corrected chi connectivity index (χ0v) is 11.9. The van der Waals surface area contributed by atoms with Crippen LogP contribution in [-0.4, -0.2) is 24.8 Å². The van der Waals surface area contributed by atoms with Crippen molar-refractivity contribution in [2.24, 2.45) is 5.10 Å². The van der Waals surface area contributed by atoms with Gasteiger partial charge in [-0.15, -0.1) is 0 Å². The Morgan fingerprint density at radius 2 is 2.04 bits per heavy atom. The molecule has 0 atom stereocenters. The molecule has 1 aromatic heterocycles. The minimum absolute atomic E-state index is 0.130. The maximum atomic E-state index is 11.6. The smallest absolute Gasteiger partial charge is 0.329 e. The van der Waals surface area contributed by atoms with Crippen molar-refractivity contribution in [1.82, 2.24) is 10.7 Å². The number of hydrogen-bond donors (Lipinski definition) is 2. The summed E-state index contributed by atoms with van der Waals surface area (Å²) in [7, 11) is 0. The number of benzene rings is 1. The number of hydrazone groups is 1. The predicted molar refractivity (Wildman–Crippen MR) is 78.9 cm³/mol. The SMILES string of the molecule is O=C(NCc1ccco1)C(=O)N/N=C\c1ccc2c(c1)OCO2. The summed E-state index contributed by atoms with van der Waals surface area (Å²) < 4.78 is 15.5. The van der Waals surface area contributed by atoms with E-state index in [1.165, 1.54) is 12.5 Å². The molecule has 0 saturated carbocycles. The van der Waals surface area contributed by atoms with E-state index in [4.69, 9.17) is 13.9 Å². The first-order valence-electron chi connectivity index (χ1n) is 6.75. The van der Waals surface area contributed by atoms with Gasteiger partial charge in [0.25, 0.3) is 0 Å². The molecule has 0 fully saturated rings. The third-order valence-electron chi connectivity index (χ3n) is 2.99. The normalized spacial score (nSPS) is 12.3. The van der Waals surface area contributed by atoms with Gasteiger partial charge in [0.2, 0.25) is 6.79 Å². The number of nitrogens with one attached hydrogen (secondary N) is 2. The van der Waals surface area contributed by atoms with Crippen LogP contribution in [0.25, 0.3) is 0 Å². The van der Waals surface area contributed by atoms with E-state index in [9.17, 15) is 9.59 Å². The summed E-state index contributed by atoms with van der Waals surface area (Å²) in [5.74, 6) is 0.146. The van der Waals surface area contributed by atoms with Crippen LogP contribution in [0.3, 0.4) is 0 Å². The van der Waals surface area contributed by atoms with E-state index in [1.54, 1.807) is 30.3 Å². The number of fused-ring (bicyclic) bond motifs is 1. The van der Waals surface area contributed by atoms with Crippen LogP contribution in [0.15, 0.2) is 46.1 Å². The summed E-state index contributed by atoms with van der Waals surface area (Å²) in [6, 6.07) is 8.59. The van der Waals surface area contributed by atoms with Crippen molar-refractivity contribution in [2.75, 3.05) is 6.79 Å². The van der Waals surface area contributed by atoms with Gasteiger partial charge in [-0.1, -0.05) is 0 Å². The number of hydrogen-bond acceptors (Lipinski definition) is 6. The van der Waals surface area contributed by atoms with Gasteiger partial charge in [0.15, 0.2) is 11.5 Å². The first-order valence-corrected chi connectivity index (χ1v) is 6.75. The Kier molecular flexibility index (Phi) is 4.23. The molecule has 1 aliphatic rings. The molecule has 2 heterocycles. The number of rotatable bonds is 4. The van der Waals surface area contributed by atoms with Crippen molar-refractivity contribution < 1.29 is 23.5 Å². The second-order valence-electron chi connectivity index (χ2n) is 4.57. The Morgan fingerprint density at radius 3 is 2.87 bits per heavy atom. The van der Waals surface area contributed by atoms with Crippen LogP contribution in [-0.2, 0) is 16.1 Å². The van der Waals surface area contributed by atoms with Gasteiger partial charge >= 0.3 is 11.8 Å². The summed E-state index contributed by atoms with van der Waals surface area (Å²) in [6.45, 7) is 0.313. The molecular weight excluding hydrogens is 302 g/mol. The summed E-state index contributed by atoms with van der Waals surface area (Å²) in [5, 5.41) is 6.14. The number of amides is 2. The summed E-state index contributed by atoms with van der Waals surface area (Å²) in [4.78, 5) is 23.1. The summed E-state index contributed by atoms with van der Waals surface area (Å²) in [6.07, 6.45) is 2.89. The molecule has 8 nitrogen and oxygen atoms in total. The molecule has 1 aromatic carbocycles. The fourth-order valence-electron chi connectivity index (χ4n) is 1.87. The fourth-order valence-corrected chi connectivity index (χ4v) is 1.87. The highest BCUT2D eigenvalue weighted by Crippen LogP contribution is 2.31. The lowest BCUT2D eigenvalue weighted by Gasteiger charge is -2.01. The number of carbonyl (C=O) groups excluding carboxylic acids is 2. The minimum Gasteiger partial charge on any atom is -0.467 e. The molecule has 8 heteroatoms. The topological polar surface area (TPSA) is 102 Å². The van der Waals surface area contributed by atoms with Gasteiger partial charge in [-0.2, -0.15) is 5.10 Å². The number of ether oxygens (including phenoxy) is 2. The van der Waals surface area contributed by atoms with Gasteiger partial charge in [-0.3, -0.25) is 9.59 Å². The third kappa shape index (κ3) is 3.67. The highest BCUT2D eigenvalue weighted by atomic mass is 16.7. The minimum atomic E-state index is -0.867. The molecule has 118 valence electrons. The monoisotopic (exact) mass is 315 g/mol. The Balaban J connectivity index is 1.49. The second kappa shape index (κ2) is 6.65. The Hall–Kier alpha value is -3.29. The van der Waals surface area contributed by atoms with Crippen molar-refractivity contribution in [1.29, 1.82) is 0 Å². The second-order valence-corrected chi connectivity index (χ2v) is 4.57. The molecule has 2 N–H and O–H groups in total. The van der Waals surface area contributed by atoms with Crippen LogP contribution in [0.2, 0.25) is 0 Å². The first kappa shape index (κ1) is 14.6. The molecule has 23 heavy (non-hydrogen) atoms. The van der Waals surface area contributed by atoms with Crippen LogP contribution in [0.1, 0.15) is 11.3 Å². The van der Waals surface area contributed by atoms with E-state index >= 15 is 0 Å². The average Bonchev–Trinajstić information content (AvgIpc) is 3.23. The van der Waals surface area contributed by atoms with Gasteiger partial charge in [0, 0.05) is 0 Å². The van der Waals surface area contributed by atoms with E-state index in [-0.39, 0.29) is 13.3 Å². The van der Waals surface area contributed by atoms with Crippen molar-refractivity contribution in [3.8, 4) is 11.5 Å². The van der Waals surface area contributed by atoms with Gasteiger partial charge in [-0.25, -0.2) is 5.43 Å². The fraction of sp³-hybridized carbons (Fsp3) is 0.133. The Labute approximate surface area is 131 Å². The molecule has 3 rings (SSSR count). The van der Waals surface area contributed by atoms with Crippen molar-refractivity contribution in [3.63, 3.8) is 0 Å². The van der Waals surface area contributed by atoms with Gasteiger partial charge in [-0.05, 0) is 35.9 Å². The number of carbonyl (C=O) groups is 2. The standard InChI is InChI=1S/C15H13N3O5/c19-14(16-8-11-2-1-5-21-11)15(20)18-17-7-10-3-4-12-13(6-10)23-9-22-12/h1-7H,8-9H2,(H,16,19)(H,18,20)/b17-7-. The zero-order valence-electron chi connectivity index (χ0n) is 11.9. The predicted octanol–water partition coefficient (Wildman–Crippen LogP) is 0.775. The Morgan fingerprint density at radius 1 is 1.17 bits per heavy atom. The lowest BCUT2D eigenvalue weighted by atomic mass is 10.2. The largest absolute Gasteiger partial charge is 0.467 e. The molecule has 1 aliphatic heterocycles. The number of furan rings is 1. The van der Waals surface area contributed by atoms with E-state index in [0.29, 0.717) is 22.8 Å². The molecule has 2 amide bonds. The molecule has 0 bridgehead atoms. The molecule has 0 unspecified atom stereocenters. The van der Waals surface area contributed by atoms with Crippen molar-refractivity contribution >= 4 is 18.0 Å². The van der Waals surface area contributed by atoms with E-state index in [1.807, 2.05) is 0 Å².